The summed E-state index contributed by atoms with van der Waals surface area (Å²) in [5, 5.41) is 8.62. The van der Waals surface area contributed by atoms with Crippen molar-refractivity contribution >= 4 is 27.3 Å². The van der Waals surface area contributed by atoms with Crippen LogP contribution in [0.2, 0.25) is 5.02 Å². The SMILES string of the molecule is CN(C)N(C(=O)Cc1cn(-c2ccccc2)nc1-c1ccc(Cl)cc1)C1CCS(=O)(=O)C1. The van der Waals surface area contributed by atoms with E-state index in [9.17, 15) is 13.2 Å². The van der Waals surface area contributed by atoms with Crippen LogP contribution in [0.25, 0.3) is 16.9 Å². The van der Waals surface area contributed by atoms with Gasteiger partial charge in [-0.3, -0.25) is 9.80 Å². The van der Waals surface area contributed by atoms with Gasteiger partial charge in [-0.2, -0.15) is 5.10 Å². The molecular weight excluding hydrogens is 448 g/mol. The number of carbonyl (C=O) groups is 1. The molecule has 0 bridgehead atoms. The zero-order valence-electron chi connectivity index (χ0n) is 18.0. The Morgan fingerprint density at radius 2 is 1.81 bits per heavy atom. The van der Waals surface area contributed by atoms with Crippen molar-refractivity contribution in [1.29, 1.82) is 0 Å². The number of hydrazine groups is 1. The van der Waals surface area contributed by atoms with Crippen LogP contribution in [0.4, 0.5) is 0 Å². The third-order valence-corrected chi connectivity index (χ3v) is 7.51. The lowest BCUT2D eigenvalue weighted by molar-refractivity contribution is -0.148. The first kappa shape index (κ1) is 22.5. The van der Waals surface area contributed by atoms with E-state index in [1.54, 1.807) is 40.9 Å². The number of halogens is 1. The predicted octanol–water partition coefficient (Wildman–Crippen LogP) is 3.23. The number of amides is 1. The second kappa shape index (κ2) is 9.05. The molecule has 168 valence electrons. The molecule has 1 saturated heterocycles. The quantitative estimate of drug-likeness (QED) is 0.515. The van der Waals surface area contributed by atoms with E-state index in [0.717, 1.165) is 16.8 Å². The number of rotatable bonds is 6. The minimum Gasteiger partial charge on any atom is -0.273 e. The van der Waals surface area contributed by atoms with E-state index in [-0.39, 0.29) is 29.9 Å². The highest BCUT2D eigenvalue weighted by Crippen LogP contribution is 2.27. The van der Waals surface area contributed by atoms with Crippen LogP contribution < -0.4 is 0 Å². The molecule has 1 aliphatic rings. The van der Waals surface area contributed by atoms with Crippen LogP contribution in [0.3, 0.4) is 0 Å². The fraction of sp³-hybridized carbons (Fsp3) is 0.304. The molecular formula is C23H25ClN4O3S. The summed E-state index contributed by atoms with van der Waals surface area (Å²) in [4.78, 5) is 13.4. The molecule has 1 aliphatic heterocycles. The summed E-state index contributed by atoms with van der Waals surface area (Å²) in [7, 11) is 0.403. The predicted molar refractivity (Wildman–Crippen MR) is 125 cm³/mol. The summed E-state index contributed by atoms with van der Waals surface area (Å²) < 4.78 is 25.7. The molecule has 2 aromatic carbocycles. The standard InChI is InChI=1S/C23H25ClN4O3S/c1-26(2)28(21-12-13-32(30,31)16-21)22(29)14-18-15-27(20-6-4-3-5-7-20)25-23(18)17-8-10-19(24)11-9-17/h3-11,15,21H,12-14,16H2,1-2H3. The van der Waals surface area contributed by atoms with Crippen molar-refractivity contribution in [3.8, 4) is 16.9 Å². The molecule has 9 heteroatoms. The number of sulfone groups is 1. The van der Waals surface area contributed by atoms with Crippen LogP contribution >= 0.6 is 11.6 Å². The lowest BCUT2D eigenvalue weighted by Crippen LogP contribution is -2.49. The van der Waals surface area contributed by atoms with Crippen molar-refractivity contribution < 1.29 is 13.2 Å². The van der Waals surface area contributed by atoms with Crippen LogP contribution in [-0.4, -0.2) is 65.8 Å². The molecule has 1 amide bonds. The largest absolute Gasteiger partial charge is 0.273 e. The van der Waals surface area contributed by atoms with Crippen molar-refractivity contribution in [3.05, 3.63) is 71.4 Å². The average Bonchev–Trinajstić information content (AvgIpc) is 3.32. The first-order valence-corrected chi connectivity index (χ1v) is 12.5. The Hall–Kier alpha value is -2.68. The van der Waals surface area contributed by atoms with Gasteiger partial charge in [-0.25, -0.2) is 18.1 Å². The molecule has 3 aromatic rings. The molecule has 0 N–H and O–H groups in total. The second-order valence-corrected chi connectivity index (χ2v) is 10.8. The molecule has 1 aromatic heterocycles. The van der Waals surface area contributed by atoms with Crippen molar-refractivity contribution in [2.75, 3.05) is 25.6 Å². The van der Waals surface area contributed by atoms with Gasteiger partial charge in [-0.15, -0.1) is 0 Å². The van der Waals surface area contributed by atoms with E-state index in [2.05, 4.69) is 0 Å². The van der Waals surface area contributed by atoms with Crippen LogP contribution in [0, 0.1) is 0 Å². The fourth-order valence-electron chi connectivity index (χ4n) is 4.07. The Morgan fingerprint density at radius 3 is 2.41 bits per heavy atom. The summed E-state index contributed by atoms with van der Waals surface area (Å²) >= 11 is 6.06. The number of para-hydroxylation sites is 1. The van der Waals surface area contributed by atoms with Gasteiger partial charge in [-0.1, -0.05) is 41.9 Å². The van der Waals surface area contributed by atoms with Gasteiger partial charge in [0.15, 0.2) is 9.84 Å². The van der Waals surface area contributed by atoms with Crippen LogP contribution in [-0.2, 0) is 21.1 Å². The number of hydrogen-bond acceptors (Lipinski definition) is 5. The average molecular weight is 473 g/mol. The minimum absolute atomic E-state index is 0.00968. The van der Waals surface area contributed by atoms with Gasteiger partial charge < -0.3 is 0 Å². The summed E-state index contributed by atoms with van der Waals surface area (Å²) in [5.41, 5.74) is 3.19. The Balaban J connectivity index is 1.69. The van der Waals surface area contributed by atoms with E-state index in [1.165, 1.54) is 0 Å². The van der Waals surface area contributed by atoms with Gasteiger partial charge in [0, 0.05) is 36.4 Å². The summed E-state index contributed by atoms with van der Waals surface area (Å²) in [6.07, 6.45) is 2.40. The normalized spacial score (nSPS) is 17.6. The Kier molecular flexibility index (Phi) is 6.37. The lowest BCUT2D eigenvalue weighted by Gasteiger charge is -2.33. The molecule has 1 fully saturated rings. The van der Waals surface area contributed by atoms with Gasteiger partial charge in [0.1, 0.15) is 0 Å². The zero-order chi connectivity index (χ0) is 22.9. The van der Waals surface area contributed by atoms with Crippen LogP contribution in [0.15, 0.2) is 60.8 Å². The maximum absolute atomic E-state index is 13.4. The molecule has 7 nitrogen and oxygen atoms in total. The topological polar surface area (TPSA) is 75.5 Å². The summed E-state index contributed by atoms with van der Waals surface area (Å²) in [5.74, 6) is -0.0680. The van der Waals surface area contributed by atoms with Gasteiger partial charge >= 0.3 is 0 Å². The smallest absolute Gasteiger partial charge is 0.241 e. The minimum atomic E-state index is -3.12. The van der Waals surface area contributed by atoms with Crippen molar-refractivity contribution in [2.45, 2.75) is 18.9 Å². The highest BCUT2D eigenvalue weighted by atomic mass is 35.5. The molecule has 1 atom stereocenters. The number of carbonyl (C=O) groups excluding carboxylic acids is 1. The molecule has 0 saturated carbocycles. The van der Waals surface area contributed by atoms with Crippen molar-refractivity contribution in [3.63, 3.8) is 0 Å². The van der Waals surface area contributed by atoms with E-state index in [1.807, 2.05) is 48.7 Å². The maximum atomic E-state index is 13.4. The van der Waals surface area contributed by atoms with Crippen molar-refractivity contribution in [1.82, 2.24) is 19.8 Å². The van der Waals surface area contributed by atoms with E-state index < -0.39 is 9.84 Å². The summed E-state index contributed by atoms with van der Waals surface area (Å²) in [6, 6.07) is 16.7. The molecule has 2 heterocycles. The third kappa shape index (κ3) is 4.87. The monoisotopic (exact) mass is 472 g/mol. The lowest BCUT2D eigenvalue weighted by atomic mass is 10.1. The highest BCUT2D eigenvalue weighted by Gasteiger charge is 2.36. The molecule has 32 heavy (non-hydrogen) atoms. The van der Waals surface area contributed by atoms with E-state index in [4.69, 9.17) is 16.7 Å². The van der Waals surface area contributed by atoms with Crippen molar-refractivity contribution in [2.24, 2.45) is 0 Å². The summed E-state index contributed by atoms with van der Waals surface area (Å²) in [6.45, 7) is 0. The molecule has 0 radical (unpaired) electrons. The first-order chi connectivity index (χ1) is 15.2. The maximum Gasteiger partial charge on any atom is 0.241 e. The number of aromatic nitrogens is 2. The number of benzene rings is 2. The highest BCUT2D eigenvalue weighted by molar-refractivity contribution is 7.91. The Labute approximate surface area is 193 Å². The van der Waals surface area contributed by atoms with Crippen LogP contribution in [0.5, 0.6) is 0 Å². The van der Waals surface area contributed by atoms with Crippen LogP contribution in [0.1, 0.15) is 12.0 Å². The third-order valence-electron chi connectivity index (χ3n) is 5.51. The molecule has 0 spiro atoms. The molecule has 4 rings (SSSR count). The van der Waals surface area contributed by atoms with Gasteiger partial charge in [0.2, 0.25) is 5.91 Å². The van der Waals surface area contributed by atoms with E-state index in [0.29, 0.717) is 17.1 Å². The van der Waals surface area contributed by atoms with Gasteiger partial charge in [0.05, 0.1) is 35.3 Å². The van der Waals surface area contributed by atoms with E-state index >= 15 is 0 Å². The second-order valence-electron chi connectivity index (χ2n) is 8.11. The Bertz CT molecular complexity index is 1210. The number of nitrogens with zero attached hydrogens (tertiary/aromatic N) is 4. The Morgan fingerprint density at radius 1 is 1.12 bits per heavy atom. The molecule has 0 aliphatic carbocycles. The fourth-order valence-corrected chi connectivity index (χ4v) is 5.89. The van der Waals surface area contributed by atoms with Gasteiger partial charge in [-0.05, 0) is 30.7 Å². The zero-order valence-corrected chi connectivity index (χ0v) is 19.6. The first-order valence-electron chi connectivity index (χ1n) is 10.3. The van der Waals surface area contributed by atoms with Gasteiger partial charge in [0.25, 0.3) is 0 Å². The number of hydrogen-bond donors (Lipinski definition) is 0. The molecule has 1 unspecified atom stereocenters.